The number of ether oxygens (including phenoxy) is 2. The quantitative estimate of drug-likeness (QED) is 0.312. The lowest BCUT2D eigenvalue weighted by Crippen LogP contribution is -2.08. The van der Waals surface area contributed by atoms with Crippen LogP contribution in [0.15, 0.2) is 6.07 Å². The van der Waals surface area contributed by atoms with Crippen LogP contribution in [0.2, 0.25) is 0 Å². The number of carbonyl (C=O) groups is 2. The van der Waals surface area contributed by atoms with Crippen molar-refractivity contribution in [2.24, 2.45) is 0 Å². The minimum Gasteiger partial charge on any atom is -0.507 e. The van der Waals surface area contributed by atoms with Crippen LogP contribution in [0.1, 0.15) is 76.9 Å². The number of benzene rings is 2. The van der Waals surface area contributed by atoms with Crippen molar-refractivity contribution in [2.45, 2.75) is 52.9 Å². The van der Waals surface area contributed by atoms with Crippen LogP contribution in [-0.4, -0.2) is 46.2 Å². The van der Waals surface area contributed by atoms with Gasteiger partial charge in [0.25, 0.3) is 0 Å². The van der Waals surface area contributed by atoms with Gasteiger partial charge >= 0.3 is 0 Å². The van der Waals surface area contributed by atoms with Crippen molar-refractivity contribution in [3.8, 4) is 34.5 Å². The molecule has 0 aliphatic carbocycles. The van der Waals surface area contributed by atoms with E-state index in [2.05, 4.69) is 0 Å². The third-order valence-electron chi connectivity index (χ3n) is 5.35. The van der Waals surface area contributed by atoms with Gasteiger partial charge in [0.05, 0.1) is 19.8 Å². The second kappa shape index (κ2) is 10.3. The second-order valence-corrected chi connectivity index (χ2v) is 7.54. The van der Waals surface area contributed by atoms with Crippen molar-refractivity contribution in [1.82, 2.24) is 0 Å². The minimum atomic E-state index is -0.491. The van der Waals surface area contributed by atoms with Gasteiger partial charge in [-0.2, -0.15) is 0 Å². The Morgan fingerprint density at radius 2 is 1.34 bits per heavy atom. The maximum atomic E-state index is 12.6. The molecule has 2 aromatic rings. The Bertz CT molecular complexity index is 1040. The Morgan fingerprint density at radius 1 is 0.812 bits per heavy atom. The topological polar surface area (TPSA) is 134 Å². The van der Waals surface area contributed by atoms with Crippen molar-refractivity contribution < 1.29 is 39.5 Å². The average molecular weight is 446 g/mol. The molecule has 0 atom stereocenters. The fourth-order valence-corrected chi connectivity index (χ4v) is 3.79. The zero-order valence-corrected chi connectivity index (χ0v) is 19.0. The van der Waals surface area contributed by atoms with Gasteiger partial charge in [-0.3, -0.25) is 9.59 Å². The largest absolute Gasteiger partial charge is 0.507 e. The summed E-state index contributed by atoms with van der Waals surface area (Å²) in [7, 11) is 2.63. The monoisotopic (exact) mass is 446 g/mol. The summed E-state index contributed by atoms with van der Waals surface area (Å²) in [5.41, 5.74) is 0.0768. The third-order valence-corrected chi connectivity index (χ3v) is 5.35. The van der Waals surface area contributed by atoms with E-state index >= 15 is 0 Å². The summed E-state index contributed by atoms with van der Waals surface area (Å²) in [6, 6.07) is 1.14. The molecule has 0 heterocycles. The van der Waals surface area contributed by atoms with Crippen LogP contribution in [0.4, 0.5) is 0 Å². The molecule has 8 heteroatoms. The van der Waals surface area contributed by atoms with E-state index in [1.54, 1.807) is 6.92 Å². The highest BCUT2D eigenvalue weighted by molar-refractivity contribution is 6.03. The number of Topliss-reactive ketones (excluding diaryl/α,β-unsaturated/α-hetero) is 2. The molecule has 2 rings (SSSR count). The lowest BCUT2D eigenvalue weighted by molar-refractivity contribution is 0.0968. The van der Waals surface area contributed by atoms with Crippen LogP contribution in [0, 0.1) is 6.92 Å². The number of phenolic OH excluding ortho intramolecular Hbond substituents is 4. The molecule has 0 spiro atoms. The molecular formula is C24H30O8. The van der Waals surface area contributed by atoms with Crippen LogP contribution < -0.4 is 9.47 Å². The van der Waals surface area contributed by atoms with Gasteiger partial charge in [0.15, 0.2) is 23.1 Å². The van der Waals surface area contributed by atoms with Gasteiger partial charge in [-0.1, -0.05) is 13.8 Å². The first-order valence-corrected chi connectivity index (χ1v) is 10.4. The first-order chi connectivity index (χ1) is 15.1. The molecule has 8 nitrogen and oxygen atoms in total. The summed E-state index contributed by atoms with van der Waals surface area (Å²) < 4.78 is 10.6. The van der Waals surface area contributed by atoms with Crippen LogP contribution in [-0.2, 0) is 6.42 Å². The molecular weight excluding hydrogens is 416 g/mol. The zero-order valence-electron chi connectivity index (χ0n) is 19.0. The van der Waals surface area contributed by atoms with Gasteiger partial charge in [0, 0.05) is 36.0 Å². The molecule has 174 valence electrons. The van der Waals surface area contributed by atoms with E-state index in [1.165, 1.54) is 21.1 Å². The van der Waals surface area contributed by atoms with E-state index in [0.29, 0.717) is 12.8 Å². The Morgan fingerprint density at radius 3 is 1.88 bits per heavy atom. The van der Waals surface area contributed by atoms with Gasteiger partial charge in [0.2, 0.25) is 0 Å². The lowest BCUT2D eigenvalue weighted by Gasteiger charge is -2.20. The maximum Gasteiger partial charge on any atom is 0.170 e. The van der Waals surface area contributed by atoms with E-state index in [0.717, 1.165) is 6.07 Å². The molecule has 4 N–H and O–H groups in total. The number of carbonyl (C=O) groups excluding carboxylic acids is 2. The maximum absolute atomic E-state index is 12.6. The molecule has 0 aromatic heterocycles. The van der Waals surface area contributed by atoms with E-state index < -0.39 is 17.3 Å². The first-order valence-electron chi connectivity index (χ1n) is 10.4. The molecule has 0 aliphatic rings. The zero-order chi connectivity index (χ0) is 24.2. The van der Waals surface area contributed by atoms with Crippen molar-refractivity contribution in [1.29, 1.82) is 0 Å². The van der Waals surface area contributed by atoms with Gasteiger partial charge in [-0.15, -0.1) is 0 Å². The molecule has 32 heavy (non-hydrogen) atoms. The van der Waals surface area contributed by atoms with Crippen LogP contribution in [0.3, 0.4) is 0 Å². The smallest absolute Gasteiger partial charge is 0.170 e. The number of aromatic hydroxyl groups is 4. The second-order valence-electron chi connectivity index (χ2n) is 7.54. The molecule has 0 saturated carbocycles. The number of phenols is 4. The summed E-state index contributed by atoms with van der Waals surface area (Å²) in [5.74, 6) is -2.39. The molecule has 0 unspecified atom stereocenters. The van der Waals surface area contributed by atoms with Crippen LogP contribution >= 0.6 is 0 Å². The highest BCUT2D eigenvalue weighted by Crippen LogP contribution is 2.47. The molecule has 0 radical (unpaired) electrons. The van der Waals surface area contributed by atoms with Crippen LogP contribution in [0.5, 0.6) is 34.5 Å². The first kappa shape index (κ1) is 24.8. The van der Waals surface area contributed by atoms with Crippen LogP contribution in [0.25, 0.3) is 0 Å². The highest BCUT2D eigenvalue weighted by atomic mass is 16.5. The standard InChI is InChI=1S/C24H30O8/c1-6-8-16(25)13-11-18(27)24(32-5)14(21(13)29)10-15-22(30)19(17(26)9-7-2)20(28)12(3)23(15)31-4/h11,27-30H,6-10H2,1-5H3. The van der Waals surface area contributed by atoms with Crippen molar-refractivity contribution in [2.75, 3.05) is 14.2 Å². The molecule has 0 amide bonds. The Kier molecular flexibility index (Phi) is 7.97. The number of rotatable bonds is 10. The van der Waals surface area contributed by atoms with E-state index in [9.17, 15) is 30.0 Å². The Hall–Kier alpha value is -3.42. The summed E-state index contributed by atoms with van der Waals surface area (Å²) >= 11 is 0. The number of hydrogen-bond acceptors (Lipinski definition) is 8. The predicted molar refractivity (Wildman–Crippen MR) is 119 cm³/mol. The minimum absolute atomic E-state index is 0.0412. The van der Waals surface area contributed by atoms with E-state index in [4.69, 9.17) is 9.47 Å². The molecule has 0 aliphatic heterocycles. The number of ketones is 2. The molecule has 0 bridgehead atoms. The van der Waals surface area contributed by atoms with Gasteiger partial charge in [-0.05, 0) is 25.8 Å². The van der Waals surface area contributed by atoms with Gasteiger partial charge < -0.3 is 29.9 Å². The van der Waals surface area contributed by atoms with E-state index in [-0.39, 0.29) is 75.9 Å². The van der Waals surface area contributed by atoms with Crippen molar-refractivity contribution >= 4 is 11.6 Å². The highest BCUT2D eigenvalue weighted by Gasteiger charge is 2.29. The van der Waals surface area contributed by atoms with E-state index in [1.807, 2.05) is 6.92 Å². The number of hydrogen-bond donors (Lipinski definition) is 4. The lowest BCUT2D eigenvalue weighted by atomic mass is 9.91. The summed E-state index contributed by atoms with van der Waals surface area (Å²) in [6.45, 7) is 5.15. The summed E-state index contributed by atoms with van der Waals surface area (Å²) in [4.78, 5) is 25.0. The summed E-state index contributed by atoms with van der Waals surface area (Å²) in [6.07, 6.45) is 1.11. The Labute approximate surface area is 187 Å². The predicted octanol–water partition coefficient (Wildman–Crippen LogP) is 4.39. The average Bonchev–Trinajstić information content (AvgIpc) is 2.74. The fourth-order valence-electron chi connectivity index (χ4n) is 3.79. The molecule has 0 fully saturated rings. The van der Waals surface area contributed by atoms with Crippen molar-refractivity contribution in [3.05, 3.63) is 33.9 Å². The third kappa shape index (κ3) is 4.44. The normalized spacial score (nSPS) is 10.8. The SMILES string of the molecule is CCCC(=O)c1cc(O)c(OC)c(Cc2c(O)c(C(=O)CCC)c(O)c(C)c2OC)c1O. The van der Waals surface area contributed by atoms with Crippen molar-refractivity contribution in [3.63, 3.8) is 0 Å². The fraction of sp³-hybridized carbons (Fsp3) is 0.417. The molecule has 0 saturated heterocycles. The number of methoxy groups -OCH3 is 2. The summed E-state index contributed by atoms with van der Waals surface area (Å²) in [5, 5.41) is 42.8. The van der Waals surface area contributed by atoms with Gasteiger partial charge in [-0.25, -0.2) is 0 Å². The molecule has 2 aromatic carbocycles. The van der Waals surface area contributed by atoms with Gasteiger partial charge in [0.1, 0.15) is 28.6 Å². The Balaban J connectivity index is 2.81.